The van der Waals surface area contributed by atoms with Crippen LogP contribution in [-0.2, 0) is 11.3 Å². The minimum Gasteiger partial charge on any atom is -0.354 e. The molecule has 1 atom stereocenters. The molecular formula is C8H11N3OS. The smallest absolute Gasteiger partial charge is 0.221 e. The van der Waals surface area contributed by atoms with Gasteiger partial charge in [0, 0.05) is 37.1 Å². The number of hydrogen-bond acceptors (Lipinski definition) is 4. The van der Waals surface area contributed by atoms with Crippen LogP contribution in [0.15, 0.2) is 11.6 Å². The van der Waals surface area contributed by atoms with Gasteiger partial charge in [0.2, 0.25) is 5.91 Å². The van der Waals surface area contributed by atoms with E-state index in [1.165, 1.54) is 0 Å². The molecule has 0 aliphatic carbocycles. The molecule has 1 saturated heterocycles. The van der Waals surface area contributed by atoms with Gasteiger partial charge in [-0.25, -0.2) is 4.98 Å². The zero-order valence-corrected chi connectivity index (χ0v) is 7.93. The molecule has 13 heavy (non-hydrogen) atoms. The molecule has 1 amide bonds. The van der Waals surface area contributed by atoms with Crippen LogP contribution in [0.3, 0.4) is 0 Å². The quantitative estimate of drug-likeness (QED) is 0.723. The van der Waals surface area contributed by atoms with Gasteiger partial charge in [-0.3, -0.25) is 4.79 Å². The summed E-state index contributed by atoms with van der Waals surface area (Å²) in [6.07, 6.45) is 2.38. The van der Waals surface area contributed by atoms with Gasteiger partial charge in [0.05, 0.1) is 0 Å². The van der Waals surface area contributed by atoms with Crippen LogP contribution in [0.5, 0.6) is 0 Å². The van der Waals surface area contributed by atoms with Crippen molar-refractivity contribution in [2.75, 3.05) is 6.54 Å². The summed E-state index contributed by atoms with van der Waals surface area (Å²) in [7, 11) is 0. The maximum atomic E-state index is 10.9. The van der Waals surface area contributed by atoms with E-state index in [0.29, 0.717) is 6.42 Å². The SMILES string of the molecule is O=C1CC(NCc2nccs2)CN1. The third-order valence-corrected chi connectivity index (χ3v) is 2.78. The van der Waals surface area contributed by atoms with E-state index < -0.39 is 0 Å². The number of carbonyl (C=O) groups excluding carboxylic acids is 1. The van der Waals surface area contributed by atoms with Crippen molar-refractivity contribution in [3.05, 3.63) is 16.6 Å². The first-order valence-electron chi connectivity index (χ1n) is 4.23. The zero-order chi connectivity index (χ0) is 9.10. The standard InChI is InChI=1S/C8H11N3OS/c12-7-3-6(4-11-7)10-5-8-9-1-2-13-8/h1-2,6,10H,3-5H2,(H,11,12). The molecule has 4 nitrogen and oxygen atoms in total. The molecule has 2 heterocycles. The minimum atomic E-state index is 0.136. The van der Waals surface area contributed by atoms with Crippen LogP contribution < -0.4 is 10.6 Å². The molecule has 1 aromatic rings. The van der Waals surface area contributed by atoms with Crippen LogP contribution in [0.4, 0.5) is 0 Å². The largest absolute Gasteiger partial charge is 0.354 e. The van der Waals surface area contributed by atoms with Gasteiger partial charge in [-0.1, -0.05) is 0 Å². The number of thiazole rings is 1. The summed E-state index contributed by atoms with van der Waals surface area (Å²) in [4.78, 5) is 15.0. The van der Waals surface area contributed by atoms with Gasteiger partial charge < -0.3 is 10.6 Å². The fourth-order valence-corrected chi connectivity index (χ4v) is 1.89. The summed E-state index contributed by atoms with van der Waals surface area (Å²) < 4.78 is 0. The molecule has 0 aromatic carbocycles. The highest BCUT2D eigenvalue weighted by Gasteiger charge is 2.20. The number of amides is 1. The second-order valence-electron chi connectivity index (χ2n) is 3.01. The molecule has 1 fully saturated rings. The predicted octanol–water partition coefficient (Wildman–Crippen LogP) is 0.121. The summed E-state index contributed by atoms with van der Waals surface area (Å²) in [6, 6.07) is 0.274. The Morgan fingerprint density at radius 3 is 3.31 bits per heavy atom. The lowest BCUT2D eigenvalue weighted by atomic mass is 10.2. The minimum absolute atomic E-state index is 0.136. The van der Waals surface area contributed by atoms with Gasteiger partial charge in [-0.15, -0.1) is 11.3 Å². The number of rotatable bonds is 3. The van der Waals surface area contributed by atoms with Crippen molar-refractivity contribution in [1.82, 2.24) is 15.6 Å². The van der Waals surface area contributed by atoms with E-state index in [1.807, 2.05) is 5.38 Å². The van der Waals surface area contributed by atoms with Crippen LogP contribution in [0.1, 0.15) is 11.4 Å². The fraction of sp³-hybridized carbons (Fsp3) is 0.500. The molecule has 2 N–H and O–H groups in total. The second kappa shape index (κ2) is 3.85. The Hall–Kier alpha value is -0.940. The molecule has 1 aliphatic rings. The van der Waals surface area contributed by atoms with Crippen LogP contribution in [-0.4, -0.2) is 23.5 Å². The van der Waals surface area contributed by atoms with Crippen LogP contribution in [0.25, 0.3) is 0 Å². The second-order valence-corrected chi connectivity index (χ2v) is 3.99. The van der Waals surface area contributed by atoms with Gasteiger partial charge in [0.25, 0.3) is 0 Å². The third kappa shape index (κ3) is 2.26. The van der Waals surface area contributed by atoms with Gasteiger partial charge in [-0.2, -0.15) is 0 Å². The van der Waals surface area contributed by atoms with Crippen LogP contribution in [0, 0.1) is 0 Å². The van der Waals surface area contributed by atoms with Crippen molar-refractivity contribution >= 4 is 17.2 Å². The first-order valence-corrected chi connectivity index (χ1v) is 5.11. The van der Waals surface area contributed by atoms with Crippen molar-refractivity contribution in [1.29, 1.82) is 0 Å². The number of nitrogens with zero attached hydrogens (tertiary/aromatic N) is 1. The van der Waals surface area contributed by atoms with E-state index in [2.05, 4.69) is 15.6 Å². The molecule has 1 aromatic heterocycles. The lowest BCUT2D eigenvalue weighted by molar-refractivity contribution is -0.119. The predicted molar refractivity (Wildman–Crippen MR) is 50.4 cm³/mol. The Bertz CT molecular complexity index is 286. The Balaban J connectivity index is 1.77. The lowest BCUT2D eigenvalue weighted by Gasteiger charge is -2.07. The average Bonchev–Trinajstić information content (AvgIpc) is 2.71. The first-order chi connectivity index (χ1) is 6.34. The summed E-state index contributed by atoms with van der Waals surface area (Å²) in [6.45, 7) is 1.50. The number of aromatic nitrogens is 1. The maximum absolute atomic E-state index is 10.9. The Morgan fingerprint density at radius 2 is 2.69 bits per heavy atom. The van der Waals surface area contributed by atoms with Gasteiger partial charge in [0.15, 0.2) is 0 Å². The van der Waals surface area contributed by atoms with Crippen molar-refractivity contribution < 1.29 is 4.79 Å². The average molecular weight is 197 g/mol. The van der Waals surface area contributed by atoms with E-state index in [-0.39, 0.29) is 11.9 Å². The first kappa shape index (κ1) is 8.65. The molecule has 0 radical (unpaired) electrons. The van der Waals surface area contributed by atoms with Crippen molar-refractivity contribution in [3.8, 4) is 0 Å². The van der Waals surface area contributed by atoms with Crippen LogP contribution in [0.2, 0.25) is 0 Å². The highest BCUT2D eigenvalue weighted by Crippen LogP contribution is 2.05. The monoisotopic (exact) mass is 197 g/mol. The lowest BCUT2D eigenvalue weighted by Crippen LogP contribution is -2.30. The zero-order valence-electron chi connectivity index (χ0n) is 7.12. The fourth-order valence-electron chi connectivity index (χ4n) is 1.32. The maximum Gasteiger partial charge on any atom is 0.221 e. The van der Waals surface area contributed by atoms with E-state index in [4.69, 9.17) is 0 Å². The summed E-state index contributed by atoms with van der Waals surface area (Å²) >= 11 is 1.63. The normalized spacial score (nSPS) is 21.8. The van der Waals surface area contributed by atoms with E-state index >= 15 is 0 Å². The van der Waals surface area contributed by atoms with Crippen molar-refractivity contribution in [2.24, 2.45) is 0 Å². The van der Waals surface area contributed by atoms with Crippen LogP contribution >= 0.6 is 11.3 Å². The molecule has 1 aliphatic heterocycles. The molecule has 2 rings (SSSR count). The molecular weight excluding hydrogens is 186 g/mol. The Kier molecular flexibility index (Phi) is 2.56. The van der Waals surface area contributed by atoms with Crippen molar-refractivity contribution in [2.45, 2.75) is 19.0 Å². The van der Waals surface area contributed by atoms with E-state index in [0.717, 1.165) is 18.1 Å². The van der Waals surface area contributed by atoms with E-state index in [9.17, 15) is 4.79 Å². The third-order valence-electron chi connectivity index (χ3n) is 2.00. The van der Waals surface area contributed by atoms with Gasteiger partial charge in [-0.05, 0) is 0 Å². The highest BCUT2D eigenvalue weighted by molar-refractivity contribution is 7.09. The van der Waals surface area contributed by atoms with E-state index in [1.54, 1.807) is 17.5 Å². The topological polar surface area (TPSA) is 54.0 Å². The number of carbonyl (C=O) groups is 1. The Labute approximate surface area is 80.4 Å². The van der Waals surface area contributed by atoms with Gasteiger partial charge >= 0.3 is 0 Å². The summed E-state index contributed by atoms with van der Waals surface area (Å²) in [5, 5.41) is 9.08. The molecule has 0 spiro atoms. The number of hydrogen-bond donors (Lipinski definition) is 2. The molecule has 0 saturated carbocycles. The van der Waals surface area contributed by atoms with Gasteiger partial charge in [0.1, 0.15) is 5.01 Å². The molecule has 1 unspecified atom stereocenters. The number of nitrogens with one attached hydrogen (secondary N) is 2. The highest BCUT2D eigenvalue weighted by atomic mass is 32.1. The Morgan fingerprint density at radius 1 is 1.77 bits per heavy atom. The van der Waals surface area contributed by atoms with Crippen molar-refractivity contribution in [3.63, 3.8) is 0 Å². The molecule has 0 bridgehead atoms. The summed E-state index contributed by atoms with van der Waals surface area (Å²) in [5.41, 5.74) is 0. The molecule has 70 valence electrons. The summed E-state index contributed by atoms with van der Waals surface area (Å²) in [5.74, 6) is 0.136. The molecule has 5 heteroatoms.